The van der Waals surface area contributed by atoms with Gasteiger partial charge in [0.05, 0.1) is 28.5 Å². The molecule has 4 aliphatic rings. The van der Waals surface area contributed by atoms with Crippen LogP contribution in [0.4, 0.5) is 5.69 Å². The van der Waals surface area contributed by atoms with Gasteiger partial charge in [-0.25, -0.2) is 10.3 Å². The van der Waals surface area contributed by atoms with Crippen molar-refractivity contribution in [1.29, 1.82) is 0 Å². The minimum Gasteiger partial charge on any atom is -0.274 e. The Labute approximate surface area is 241 Å². The maximum absolute atomic E-state index is 14.7. The fourth-order valence-corrected chi connectivity index (χ4v) is 7.44. The van der Waals surface area contributed by atoms with Crippen molar-refractivity contribution in [2.75, 3.05) is 4.90 Å². The van der Waals surface area contributed by atoms with Crippen molar-refractivity contribution in [2.24, 2.45) is 16.9 Å². The highest BCUT2D eigenvalue weighted by Crippen LogP contribution is 2.63. The van der Waals surface area contributed by atoms with Crippen LogP contribution in [-0.2, 0) is 15.0 Å². The smallest absolute Gasteiger partial charge is 0.272 e. The molecular weight excluding hydrogens is 524 g/mol. The van der Waals surface area contributed by atoms with E-state index in [1.807, 2.05) is 91.0 Å². The molecule has 202 valence electrons. The molecule has 9 rings (SSSR count). The van der Waals surface area contributed by atoms with Crippen molar-refractivity contribution >= 4 is 40.4 Å². The number of carbonyl (C=O) groups is 3. The van der Waals surface area contributed by atoms with Gasteiger partial charge in [0.15, 0.2) is 0 Å². The van der Waals surface area contributed by atoms with E-state index in [9.17, 15) is 14.4 Å². The van der Waals surface area contributed by atoms with Crippen LogP contribution in [0.2, 0.25) is 0 Å². The summed E-state index contributed by atoms with van der Waals surface area (Å²) in [5.74, 6) is -2.53. The first kappa shape index (κ1) is 24.4. The SMILES string of the molecule is O=C(N/N=C\C12c3ccccc3C(c3ccccc31)[C@@H]1C(=O)N(c3cccc4ccccc34)C(=O)[C@@H]12)c1cccnc1. The number of nitrogens with one attached hydrogen (secondary N) is 1. The average molecular weight is 549 g/mol. The van der Waals surface area contributed by atoms with E-state index < -0.39 is 23.2 Å². The van der Waals surface area contributed by atoms with E-state index in [4.69, 9.17) is 0 Å². The number of hydrogen-bond donors (Lipinski definition) is 1. The number of imide groups is 1. The third kappa shape index (κ3) is 3.19. The van der Waals surface area contributed by atoms with Gasteiger partial charge in [-0.1, -0.05) is 84.9 Å². The molecule has 0 radical (unpaired) electrons. The van der Waals surface area contributed by atoms with Crippen LogP contribution in [0.15, 0.2) is 121 Å². The fraction of sp³-hybridized carbons (Fsp3) is 0.114. The van der Waals surface area contributed by atoms with E-state index in [0.29, 0.717) is 11.3 Å². The summed E-state index contributed by atoms with van der Waals surface area (Å²) in [7, 11) is 0. The number of pyridine rings is 1. The summed E-state index contributed by atoms with van der Waals surface area (Å²) in [4.78, 5) is 47.5. The molecule has 7 nitrogen and oxygen atoms in total. The van der Waals surface area contributed by atoms with Gasteiger partial charge in [0, 0.05) is 29.9 Å². The molecule has 1 N–H and O–H groups in total. The van der Waals surface area contributed by atoms with Crippen molar-refractivity contribution in [1.82, 2.24) is 10.4 Å². The lowest BCUT2D eigenvalue weighted by Crippen LogP contribution is -2.54. The number of fused-ring (bicyclic) bond motifs is 1. The molecule has 2 heterocycles. The predicted octanol–water partition coefficient (Wildman–Crippen LogP) is 5.20. The number of rotatable bonds is 4. The lowest BCUT2D eigenvalue weighted by atomic mass is 9.47. The van der Waals surface area contributed by atoms with Crippen LogP contribution in [0.3, 0.4) is 0 Å². The Morgan fingerprint density at radius 1 is 0.810 bits per heavy atom. The molecule has 42 heavy (non-hydrogen) atoms. The van der Waals surface area contributed by atoms with E-state index in [-0.39, 0.29) is 17.7 Å². The third-order valence-electron chi connectivity index (χ3n) is 9.05. The summed E-state index contributed by atoms with van der Waals surface area (Å²) >= 11 is 0. The van der Waals surface area contributed by atoms with Crippen LogP contribution in [-0.4, -0.2) is 28.9 Å². The van der Waals surface area contributed by atoms with E-state index >= 15 is 0 Å². The second-order valence-corrected chi connectivity index (χ2v) is 11.0. The Balaban J connectivity index is 1.33. The first-order valence-corrected chi connectivity index (χ1v) is 13.9. The van der Waals surface area contributed by atoms with Gasteiger partial charge in [-0.15, -0.1) is 0 Å². The lowest BCUT2D eigenvalue weighted by molar-refractivity contribution is -0.122. The minimum atomic E-state index is -1.07. The lowest BCUT2D eigenvalue weighted by Gasteiger charge is -2.52. The van der Waals surface area contributed by atoms with Gasteiger partial charge < -0.3 is 0 Å². The van der Waals surface area contributed by atoms with Crippen molar-refractivity contribution in [3.63, 3.8) is 0 Å². The topological polar surface area (TPSA) is 91.7 Å². The highest BCUT2D eigenvalue weighted by molar-refractivity contribution is 6.27. The van der Waals surface area contributed by atoms with E-state index in [2.05, 4.69) is 15.5 Å². The van der Waals surface area contributed by atoms with Gasteiger partial charge in [-0.3, -0.25) is 19.4 Å². The zero-order chi connectivity index (χ0) is 28.4. The third-order valence-corrected chi connectivity index (χ3v) is 9.05. The molecule has 3 amide bonds. The maximum atomic E-state index is 14.7. The van der Waals surface area contributed by atoms with E-state index in [0.717, 1.165) is 33.0 Å². The zero-order valence-electron chi connectivity index (χ0n) is 22.3. The minimum absolute atomic E-state index is 0.215. The molecule has 0 saturated carbocycles. The quantitative estimate of drug-likeness (QED) is 0.190. The van der Waals surface area contributed by atoms with Crippen molar-refractivity contribution in [2.45, 2.75) is 11.3 Å². The van der Waals surface area contributed by atoms with Crippen LogP contribution in [0, 0.1) is 11.8 Å². The predicted molar refractivity (Wildman–Crippen MR) is 159 cm³/mol. The van der Waals surface area contributed by atoms with Gasteiger partial charge >= 0.3 is 0 Å². The summed E-state index contributed by atoms with van der Waals surface area (Å²) in [6, 6.07) is 32.8. The van der Waals surface area contributed by atoms with Crippen LogP contribution in [0.25, 0.3) is 10.8 Å². The summed E-state index contributed by atoms with van der Waals surface area (Å²) in [5.41, 5.74) is 6.38. The molecule has 2 atom stereocenters. The second kappa shape index (κ2) is 9.04. The summed E-state index contributed by atoms with van der Waals surface area (Å²) in [6.45, 7) is 0. The molecule has 1 aromatic heterocycles. The molecule has 4 aromatic carbocycles. The van der Waals surface area contributed by atoms with Gasteiger partial charge in [-0.2, -0.15) is 5.10 Å². The first-order valence-electron chi connectivity index (χ1n) is 13.9. The number of aromatic nitrogens is 1. The summed E-state index contributed by atoms with van der Waals surface area (Å²) < 4.78 is 0. The maximum Gasteiger partial charge on any atom is 0.272 e. The molecule has 1 saturated heterocycles. The van der Waals surface area contributed by atoms with Crippen molar-refractivity contribution in [3.8, 4) is 0 Å². The van der Waals surface area contributed by atoms with Crippen molar-refractivity contribution in [3.05, 3.63) is 143 Å². The number of hydrogen-bond acceptors (Lipinski definition) is 5. The number of anilines is 1. The van der Waals surface area contributed by atoms with Crippen LogP contribution < -0.4 is 10.3 Å². The zero-order valence-corrected chi connectivity index (χ0v) is 22.3. The molecule has 0 spiro atoms. The highest BCUT2D eigenvalue weighted by Gasteiger charge is 2.68. The molecular formula is C35H24N4O3. The highest BCUT2D eigenvalue weighted by atomic mass is 16.2. The number of amides is 3. The van der Waals surface area contributed by atoms with Crippen LogP contribution in [0.1, 0.15) is 38.5 Å². The second-order valence-electron chi connectivity index (χ2n) is 11.0. The van der Waals surface area contributed by atoms with Gasteiger partial charge in [0.2, 0.25) is 11.8 Å². The standard InChI is InChI=1S/C35H24N4O3/c40-32(22-11-8-18-36-19-22)38-37-20-35-26-15-5-3-13-24(26)29(25-14-4-6-16-27(25)35)30-31(35)34(42)39(33(30)41)28-17-7-10-21-9-1-2-12-23(21)28/h1-20,29-31H,(H,38,40)/b37-20-/t29?,30-,31+,35?/m0/s1. The summed E-state index contributed by atoms with van der Waals surface area (Å²) in [5, 5.41) is 6.26. The summed E-state index contributed by atoms with van der Waals surface area (Å²) in [6.07, 6.45) is 4.73. The monoisotopic (exact) mass is 548 g/mol. The Bertz CT molecular complexity index is 1920. The molecule has 7 heteroatoms. The molecule has 1 fully saturated rings. The molecule has 0 unspecified atom stereocenters. The first-order chi connectivity index (χ1) is 20.6. The largest absolute Gasteiger partial charge is 0.274 e. The Morgan fingerprint density at radius 2 is 1.50 bits per heavy atom. The number of benzene rings is 4. The van der Waals surface area contributed by atoms with Crippen molar-refractivity contribution < 1.29 is 14.4 Å². The van der Waals surface area contributed by atoms with Gasteiger partial charge in [0.25, 0.3) is 5.91 Å². The Morgan fingerprint density at radius 3 is 2.24 bits per heavy atom. The molecule has 2 bridgehead atoms. The number of carbonyl (C=O) groups excluding carboxylic acids is 3. The Hall–Kier alpha value is -5.43. The van der Waals surface area contributed by atoms with Crippen LogP contribution in [0.5, 0.6) is 0 Å². The Kier molecular flexibility index (Phi) is 5.25. The van der Waals surface area contributed by atoms with Gasteiger partial charge in [-0.05, 0) is 45.8 Å². The number of nitrogens with zero attached hydrogens (tertiary/aromatic N) is 3. The molecule has 3 aliphatic carbocycles. The number of hydrazone groups is 1. The molecule has 1 aliphatic heterocycles. The average Bonchev–Trinajstić information content (AvgIpc) is 3.31. The fourth-order valence-electron chi connectivity index (χ4n) is 7.44. The normalized spacial score (nSPS) is 23.6. The van der Waals surface area contributed by atoms with Gasteiger partial charge in [0.1, 0.15) is 0 Å². The van der Waals surface area contributed by atoms with Crippen LogP contribution >= 0.6 is 0 Å². The molecule has 5 aromatic rings. The van der Waals surface area contributed by atoms with E-state index in [1.54, 1.807) is 24.5 Å². The van der Waals surface area contributed by atoms with E-state index in [1.165, 1.54) is 11.1 Å².